The third-order valence-corrected chi connectivity index (χ3v) is 6.54. The van der Waals surface area contributed by atoms with Crippen LogP contribution in [0.5, 0.6) is 5.75 Å². The number of carbonyl (C=O) groups is 1. The summed E-state index contributed by atoms with van der Waals surface area (Å²) >= 11 is 3.70. The van der Waals surface area contributed by atoms with Crippen LogP contribution in [0.2, 0.25) is 0 Å². The van der Waals surface area contributed by atoms with Crippen LogP contribution in [0.3, 0.4) is 0 Å². The van der Waals surface area contributed by atoms with Gasteiger partial charge in [0.2, 0.25) is 0 Å². The summed E-state index contributed by atoms with van der Waals surface area (Å²) in [6.45, 7) is 6.57. The monoisotopic (exact) mass is 498 g/mol. The van der Waals surface area contributed by atoms with Gasteiger partial charge in [-0.3, -0.25) is 4.79 Å². The number of rotatable bonds is 5. The standard InChI is InChI=1S/C24H27BrN4O3/c1-15-13-18(25)20(14-19(15)26-3)28-9-11-29(12-10-28)24(30)22-16(2)32-27-23(22)17-7-5-6-8-21(17)31-4/h5-8,13-14,26H,9-12H2,1-4H3. The Kier molecular flexibility index (Phi) is 6.41. The van der Waals surface area contributed by atoms with Gasteiger partial charge < -0.3 is 24.4 Å². The quantitative estimate of drug-likeness (QED) is 0.547. The molecule has 1 fully saturated rings. The second kappa shape index (κ2) is 9.24. The molecule has 0 atom stereocenters. The lowest BCUT2D eigenvalue weighted by atomic mass is 10.0. The SMILES string of the molecule is CNc1cc(N2CCN(C(=O)c3c(-c4ccccc4OC)noc3C)CC2)c(Br)cc1C. The molecule has 8 heteroatoms. The van der Waals surface area contributed by atoms with Crippen LogP contribution >= 0.6 is 15.9 Å². The average molecular weight is 499 g/mol. The van der Waals surface area contributed by atoms with E-state index in [0.29, 0.717) is 35.9 Å². The zero-order valence-electron chi connectivity index (χ0n) is 18.7. The first-order chi connectivity index (χ1) is 15.4. The molecule has 0 radical (unpaired) electrons. The maximum Gasteiger partial charge on any atom is 0.259 e. The molecule has 0 saturated carbocycles. The number of anilines is 2. The van der Waals surface area contributed by atoms with E-state index >= 15 is 0 Å². The van der Waals surface area contributed by atoms with E-state index in [0.717, 1.165) is 34.5 Å². The van der Waals surface area contributed by atoms with Crippen LogP contribution in [0.15, 0.2) is 45.4 Å². The number of nitrogens with one attached hydrogen (secondary N) is 1. The highest BCUT2D eigenvalue weighted by molar-refractivity contribution is 9.10. The van der Waals surface area contributed by atoms with Crippen LogP contribution in [0.1, 0.15) is 21.7 Å². The summed E-state index contributed by atoms with van der Waals surface area (Å²) in [5, 5.41) is 7.43. The largest absolute Gasteiger partial charge is 0.496 e. The van der Waals surface area contributed by atoms with Crippen LogP contribution in [0, 0.1) is 13.8 Å². The molecule has 2 heterocycles. The molecular formula is C24H27BrN4O3. The number of benzene rings is 2. The van der Waals surface area contributed by atoms with Gasteiger partial charge in [-0.15, -0.1) is 0 Å². The Morgan fingerprint density at radius 1 is 1.16 bits per heavy atom. The number of carbonyl (C=O) groups excluding carboxylic acids is 1. The molecule has 0 bridgehead atoms. The van der Waals surface area contributed by atoms with E-state index in [1.807, 2.05) is 36.2 Å². The molecular weight excluding hydrogens is 472 g/mol. The van der Waals surface area contributed by atoms with Gasteiger partial charge in [0.05, 0.1) is 12.8 Å². The molecule has 0 spiro atoms. The molecule has 7 nitrogen and oxygen atoms in total. The number of aromatic nitrogens is 1. The van der Waals surface area contributed by atoms with Gasteiger partial charge in [-0.1, -0.05) is 17.3 Å². The normalized spacial score (nSPS) is 13.9. The second-order valence-electron chi connectivity index (χ2n) is 7.81. The summed E-state index contributed by atoms with van der Waals surface area (Å²) in [5.74, 6) is 1.10. The fourth-order valence-corrected chi connectivity index (χ4v) is 4.84. The van der Waals surface area contributed by atoms with Crippen molar-refractivity contribution in [3.63, 3.8) is 0 Å². The predicted octanol–water partition coefficient (Wildman–Crippen LogP) is 4.73. The van der Waals surface area contributed by atoms with E-state index in [2.05, 4.69) is 50.4 Å². The number of amides is 1. The van der Waals surface area contributed by atoms with Crippen LogP contribution in [0.25, 0.3) is 11.3 Å². The van der Waals surface area contributed by atoms with Crippen molar-refractivity contribution in [2.75, 3.05) is 50.6 Å². The minimum Gasteiger partial charge on any atom is -0.496 e. The van der Waals surface area contributed by atoms with Crippen molar-refractivity contribution in [2.45, 2.75) is 13.8 Å². The maximum absolute atomic E-state index is 13.5. The Morgan fingerprint density at radius 3 is 2.56 bits per heavy atom. The predicted molar refractivity (Wildman–Crippen MR) is 130 cm³/mol. The third-order valence-electron chi connectivity index (χ3n) is 5.91. The first-order valence-corrected chi connectivity index (χ1v) is 11.4. The van der Waals surface area contributed by atoms with Crippen molar-refractivity contribution in [1.82, 2.24) is 10.1 Å². The molecule has 1 aromatic heterocycles. The number of halogens is 1. The van der Waals surface area contributed by atoms with Crippen molar-refractivity contribution in [3.8, 4) is 17.0 Å². The molecule has 1 aliphatic heterocycles. The Bertz CT molecular complexity index is 1140. The number of methoxy groups -OCH3 is 1. The van der Waals surface area contributed by atoms with E-state index in [1.165, 1.54) is 5.56 Å². The van der Waals surface area contributed by atoms with Gasteiger partial charge >= 0.3 is 0 Å². The van der Waals surface area contributed by atoms with Crippen molar-refractivity contribution in [2.24, 2.45) is 0 Å². The lowest BCUT2D eigenvalue weighted by molar-refractivity contribution is 0.0745. The van der Waals surface area contributed by atoms with E-state index in [4.69, 9.17) is 9.26 Å². The van der Waals surface area contributed by atoms with Crippen LogP contribution in [0.4, 0.5) is 11.4 Å². The highest BCUT2D eigenvalue weighted by Gasteiger charge is 2.30. The molecule has 1 amide bonds. The van der Waals surface area contributed by atoms with Gasteiger partial charge in [-0.05, 0) is 59.6 Å². The van der Waals surface area contributed by atoms with Crippen LogP contribution in [-0.4, -0.2) is 56.3 Å². The highest BCUT2D eigenvalue weighted by atomic mass is 79.9. The lowest BCUT2D eigenvalue weighted by Gasteiger charge is -2.37. The Hall–Kier alpha value is -3.00. The summed E-state index contributed by atoms with van der Waals surface area (Å²) < 4.78 is 12.0. The van der Waals surface area contributed by atoms with Gasteiger partial charge in [0.25, 0.3) is 5.91 Å². The van der Waals surface area contributed by atoms with Crippen LogP contribution in [-0.2, 0) is 0 Å². The van der Waals surface area contributed by atoms with Crippen molar-refractivity contribution < 1.29 is 14.1 Å². The average Bonchev–Trinajstić information content (AvgIpc) is 3.20. The summed E-state index contributed by atoms with van der Waals surface area (Å²) in [4.78, 5) is 17.7. The highest BCUT2D eigenvalue weighted by Crippen LogP contribution is 2.35. The molecule has 3 aromatic rings. The number of piperazine rings is 1. The van der Waals surface area contributed by atoms with Gasteiger partial charge in [-0.25, -0.2) is 0 Å². The van der Waals surface area contributed by atoms with Gasteiger partial charge in [0, 0.05) is 49.0 Å². The minimum atomic E-state index is -0.0665. The molecule has 2 aromatic carbocycles. The molecule has 32 heavy (non-hydrogen) atoms. The number of aryl methyl sites for hydroxylation is 2. The minimum absolute atomic E-state index is 0.0665. The molecule has 1 aliphatic rings. The number of hydrogen-bond acceptors (Lipinski definition) is 6. The molecule has 4 rings (SSSR count). The summed E-state index contributed by atoms with van der Waals surface area (Å²) in [5.41, 5.74) is 5.18. The molecule has 0 unspecified atom stereocenters. The summed E-state index contributed by atoms with van der Waals surface area (Å²) in [6.07, 6.45) is 0. The Balaban J connectivity index is 1.55. The molecule has 1 saturated heterocycles. The Labute approximate surface area is 196 Å². The van der Waals surface area contributed by atoms with Crippen molar-refractivity contribution in [1.29, 1.82) is 0 Å². The Morgan fingerprint density at radius 2 is 1.88 bits per heavy atom. The zero-order chi connectivity index (χ0) is 22.8. The first-order valence-electron chi connectivity index (χ1n) is 10.6. The maximum atomic E-state index is 13.5. The fraction of sp³-hybridized carbons (Fsp3) is 0.333. The van der Waals surface area contributed by atoms with E-state index in [9.17, 15) is 4.79 Å². The summed E-state index contributed by atoms with van der Waals surface area (Å²) in [6, 6.07) is 11.8. The van der Waals surface area contributed by atoms with E-state index in [-0.39, 0.29) is 5.91 Å². The van der Waals surface area contributed by atoms with Gasteiger partial charge in [0.1, 0.15) is 22.8 Å². The molecule has 0 aliphatic carbocycles. The van der Waals surface area contributed by atoms with Crippen molar-refractivity contribution in [3.05, 3.63) is 57.8 Å². The summed E-state index contributed by atoms with van der Waals surface area (Å²) in [7, 11) is 3.53. The number of nitrogens with zero attached hydrogens (tertiary/aromatic N) is 3. The fourth-order valence-electron chi connectivity index (χ4n) is 4.13. The number of para-hydroxylation sites is 1. The van der Waals surface area contributed by atoms with Gasteiger partial charge in [0.15, 0.2) is 0 Å². The van der Waals surface area contributed by atoms with Crippen LogP contribution < -0.4 is 15.0 Å². The first kappa shape index (κ1) is 22.2. The number of hydrogen-bond donors (Lipinski definition) is 1. The second-order valence-corrected chi connectivity index (χ2v) is 8.66. The number of ether oxygens (including phenoxy) is 1. The third kappa shape index (κ3) is 4.07. The van der Waals surface area contributed by atoms with Gasteiger partial charge in [-0.2, -0.15) is 0 Å². The zero-order valence-corrected chi connectivity index (χ0v) is 20.3. The van der Waals surface area contributed by atoms with E-state index in [1.54, 1.807) is 14.0 Å². The molecule has 1 N–H and O–H groups in total. The van der Waals surface area contributed by atoms with Crippen molar-refractivity contribution >= 4 is 33.2 Å². The topological polar surface area (TPSA) is 70.8 Å². The molecule has 168 valence electrons. The lowest BCUT2D eigenvalue weighted by Crippen LogP contribution is -2.49. The van der Waals surface area contributed by atoms with E-state index < -0.39 is 0 Å². The smallest absolute Gasteiger partial charge is 0.259 e.